The maximum atomic E-state index is 12.7. The minimum Gasteiger partial charge on any atom is -0.388 e. The Labute approximate surface area is 316 Å². The van der Waals surface area contributed by atoms with Gasteiger partial charge < -0.3 is 50.4 Å². The molecule has 1 fully saturated rings. The average Bonchev–Trinajstić information content (AvgIpc) is 3.68. The average molecular weight is 843 g/mol. The van der Waals surface area contributed by atoms with Crippen LogP contribution in [0.25, 0.3) is 33.7 Å². The van der Waals surface area contributed by atoms with Crippen molar-refractivity contribution in [2.45, 2.75) is 68.1 Å². The van der Waals surface area contributed by atoms with Gasteiger partial charge in [-0.1, -0.05) is 0 Å². The molecule has 5 heterocycles. The molecular weight excluding hydrogens is 810 g/mol. The number of aliphatic hydroxyl groups is 5. The summed E-state index contributed by atoms with van der Waals surface area (Å²) in [6.45, 7) is 0.501. The van der Waals surface area contributed by atoms with Crippen LogP contribution < -0.4 is 17.0 Å². The molecule has 28 heteroatoms. The van der Waals surface area contributed by atoms with E-state index in [1.807, 2.05) is 10.4 Å². The topological polar surface area (TPSA) is 387 Å². The van der Waals surface area contributed by atoms with Gasteiger partial charge in [0.1, 0.15) is 59.4 Å². The van der Waals surface area contributed by atoms with Crippen LogP contribution in [-0.4, -0.2) is 124 Å². The molecule has 0 bridgehead atoms. The van der Waals surface area contributed by atoms with Crippen LogP contribution >= 0.6 is 27.4 Å². The Bertz CT molecular complexity index is 2530. The van der Waals surface area contributed by atoms with Crippen molar-refractivity contribution in [1.82, 2.24) is 39.0 Å². The van der Waals surface area contributed by atoms with Gasteiger partial charge in [0.2, 0.25) is 0 Å². The number of nitrogens with zero attached hydrogens (tertiary/aromatic N) is 8. The van der Waals surface area contributed by atoms with E-state index in [1.54, 1.807) is 19.9 Å². The summed E-state index contributed by atoms with van der Waals surface area (Å²) < 4.78 is 46.6. The first-order valence-electron chi connectivity index (χ1n) is 16.0. The van der Waals surface area contributed by atoms with Crippen molar-refractivity contribution >= 4 is 55.4 Å². The van der Waals surface area contributed by atoms with Crippen LogP contribution in [0.15, 0.2) is 33.2 Å². The van der Waals surface area contributed by atoms with Gasteiger partial charge in [0.25, 0.3) is 5.56 Å². The van der Waals surface area contributed by atoms with E-state index in [-0.39, 0.29) is 39.5 Å². The lowest BCUT2D eigenvalue weighted by molar-refractivity contribution is -0.0794. The van der Waals surface area contributed by atoms with Crippen molar-refractivity contribution in [3.8, 4) is 16.9 Å². The van der Waals surface area contributed by atoms with Gasteiger partial charge in [-0.15, -0.1) is 0 Å². The third-order valence-corrected chi connectivity index (χ3v) is 12.1. The number of phosphoric acid groups is 2. The van der Waals surface area contributed by atoms with Gasteiger partial charge in [-0.05, 0) is 42.8 Å². The molecule has 1 aromatic carbocycles. The molecule has 3 aromatic rings. The molecule has 1 saturated heterocycles. The van der Waals surface area contributed by atoms with Crippen LogP contribution in [0.5, 0.6) is 0 Å². The zero-order valence-corrected chi connectivity index (χ0v) is 31.4. The quantitative estimate of drug-likeness (QED) is 0.0256. The maximum absolute atomic E-state index is 12.7. The third-order valence-electron chi connectivity index (χ3n) is 8.69. The number of aryl methyl sites for hydroxylation is 1. The molecule has 9 atom stereocenters. The molecule has 6 rings (SSSR count). The van der Waals surface area contributed by atoms with E-state index < -0.39 is 89.5 Å². The van der Waals surface area contributed by atoms with Crippen molar-refractivity contribution in [2.75, 3.05) is 18.9 Å². The molecule has 56 heavy (non-hydrogen) atoms. The number of rotatable bonds is 14. The molecule has 300 valence electrons. The first-order chi connectivity index (χ1) is 26.3. The molecule has 3 aliphatic heterocycles. The number of anilines is 1. The number of nitriles is 1. The lowest BCUT2D eigenvalue weighted by Crippen LogP contribution is -2.42. The van der Waals surface area contributed by atoms with Crippen molar-refractivity contribution in [1.29, 1.82) is 5.26 Å². The van der Waals surface area contributed by atoms with Gasteiger partial charge in [-0.25, -0.2) is 33.9 Å². The SMILES string of the molecule is Cc1cc2c(nc3c(=O)[nH]c(=O)nc-3n2CC(O)C(O)C(O)COP(=O)(O)OP(=O)(O)OCC2OC(n3cnc4c(N)ncnc43)C(O)C2O)c(SC#N)c1C. The molecule has 3 aliphatic rings. The van der Waals surface area contributed by atoms with Crippen LogP contribution in [0.1, 0.15) is 17.4 Å². The molecule has 9 unspecified atom stereocenters. The summed E-state index contributed by atoms with van der Waals surface area (Å²) in [5.41, 5.74) is 5.30. The lowest BCUT2D eigenvalue weighted by Gasteiger charge is -2.26. The first-order valence-corrected chi connectivity index (χ1v) is 19.8. The van der Waals surface area contributed by atoms with E-state index in [1.165, 1.54) is 10.9 Å². The van der Waals surface area contributed by atoms with E-state index in [0.29, 0.717) is 16.0 Å². The predicted molar refractivity (Wildman–Crippen MR) is 188 cm³/mol. The standard InChI is InChI=1S/C28H32N10O15P2S/c1-10-3-12-16(22(11(10)2)56-7-29)34-18-25(35-28(45)36-26(18)44)37(12)4-13(39)19(41)14(40)5-50-54(46,47)53-55(48,49)51-6-15-20(42)21(43)27(52-15)38-9-33-17-23(30)31-8-32-24(17)38/h3,8-9,13-15,19-21,27,39-43H,4-6H2,1-2H3,(H,46,47)(H,48,49)(H2,30,31,32)(H,36,44,45). The highest BCUT2D eigenvalue weighted by molar-refractivity contribution is 8.04. The summed E-state index contributed by atoms with van der Waals surface area (Å²) in [5.74, 6) is -0.296. The molecule has 0 spiro atoms. The normalized spacial score (nSPS) is 22.5. The van der Waals surface area contributed by atoms with Crippen LogP contribution in [0.2, 0.25) is 0 Å². The number of thioether (sulfide) groups is 1. The number of benzene rings is 1. The van der Waals surface area contributed by atoms with Crippen molar-refractivity contribution in [3.63, 3.8) is 0 Å². The van der Waals surface area contributed by atoms with E-state index in [4.69, 9.17) is 15.0 Å². The summed E-state index contributed by atoms with van der Waals surface area (Å²) >= 11 is 0.745. The number of aromatic amines is 1. The molecule has 0 amide bonds. The highest BCUT2D eigenvalue weighted by atomic mass is 32.2. The fraction of sp³-hybridized carbons (Fsp3) is 0.429. The number of H-pyrrole nitrogens is 1. The van der Waals surface area contributed by atoms with Crippen molar-refractivity contribution < 1.29 is 62.5 Å². The summed E-state index contributed by atoms with van der Waals surface area (Å²) in [6, 6.07) is 1.58. The third kappa shape index (κ3) is 8.23. The highest BCUT2D eigenvalue weighted by Crippen LogP contribution is 2.60. The number of aliphatic hydroxyl groups excluding tert-OH is 5. The Morgan fingerprint density at radius 1 is 1.05 bits per heavy atom. The number of fused-ring (bicyclic) bond motifs is 3. The molecule has 0 radical (unpaired) electrons. The summed E-state index contributed by atoms with van der Waals surface area (Å²) in [6.07, 6.45) is -10.2. The van der Waals surface area contributed by atoms with Gasteiger partial charge in [0, 0.05) is 0 Å². The van der Waals surface area contributed by atoms with Gasteiger partial charge in [0.15, 0.2) is 29.2 Å². The minimum absolute atomic E-state index is 0.0213. The number of nitrogen functional groups attached to an aromatic ring is 1. The number of thiocyanates is 1. The number of phosphoric ester groups is 2. The van der Waals surface area contributed by atoms with Crippen molar-refractivity contribution in [2.24, 2.45) is 0 Å². The number of ether oxygens (including phenoxy) is 1. The van der Waals surface area contributed by atoms with Crippen LogP contribution in [0.4, 0.5) is 5.82 Å². The number of hydrogen-bond donors (Lipinski definition) is 9. The molecular formula is C28H32N10O15P2S. The second-order valence-electron chi connectivity index (χ2n) is 12.3. The van der Waals surface area contributed by atoms with Crippen LogP contribution in [0.3, 0.4) is 0 Å². The number of hydrogen-bond acceptors (Lipinski definition) is 21. The summed E-state index contributed by atoms with van der Waals surface area (Å²) in [5, 5.41) is 64.7. The van der Waals surface area contributed by atoms with E-state index in [2.05, 4.69) is 33.8 Å². The Kier molecular flexibility index (Phi) is 11.8. The number of imidazole rings is 1. The predicted octanol–water partition coefficient (Wildman–Crippen LogP) is -1.85. The fourth-order valence-corrected chi connectivity index (χ4v) is 8.54. The molecule has 0 saturated carbocycles. The van der Waals surface area contributed by atoms with E-state index in [9.17, 15) is 59.3 Å². The second-order valence-corrected chi connectivity index (χ2v) is 16.2. The molecule has 0 aliphatic carbocycles. The van der Waals surface area contributed by atoms with Gasteiger partial charge >= 0.3 is 21.3 Å². The van der Waals surface area contributed by atoms with Gasteiger partial charge in [-0.3, -0.25) is 23.4 Å². The number of aromatic nitrogens is 8. The molecule has 25 nitrogen and oxygen atoms in total. The number of nitrogens with two attached hydrogens (primary N) is 1. The Morgan fingerprint density at radius 3 is 2.48 bits per heavy atom. The highest BCUT2D eigenvalue weighted by Gasteiger charge is 2.46. The smallest absolute Gasteiger partial charge is 0.388 e. The Balaban J connectivity index is 1.10. The number of nitrogens with one attached hydrogen (secondary N) is 1. The minimum atomic E-state index is -5.58. The Morgan fingerprint density at radius 2 is 1.77 bits per heavy atom. The molecule has 10 N–H and O–H groups in total. The zero-order valence-electron chi connectivity index (χ0n) is 28.7. The Hall–Kier alpha value is -4.29. The zero-order chi connectivity index (χ0) is 40.9. The lowest BCUT2D eigenvalue weighted by atomic mass is 10.1. The van der Waals surface area contributed by atoms with Crippen molar-refractivity contribution in [3.05, 3.63) is 50.7 Å². The molecule has 2 aromatic heterocycles. The van der Waals surface area contributed by atoms with Crippen LogP contribution in [-0.2, 0) is 33.8 Å². The monoisotopic (exact) mass is 842 g/mol. The van der Waals surface area contributed by atoms with E-state index >= 15 is 0 Å². The van der Waals surface area contributed by atoms with Crippen LogP contribution in [0, 0.1) is 24.5 Å². The first kappa shape index (κ1) is 41.3. The fourth-order valence-electron chi connectivity index (χ4n) is 5.79. The summed E-state index contributed by atoms with van der Waals surface area (Å²) in [7, 11) is -11.1. The van der Waals surface area contributed by atoms with Gasteiger partial charge in [-0.2, -0.15) is 14.6 Å². The van der Waals surface area contributed by atoms with E-state index in [0.717, 1.165) is 22.7 Å². The van der Waals surface area contributed by atoms with Gasteiger partial charge in [0.05, 0.1) is 36.5 Å². The maximum Gasteiger partial charge on any atom is 0.481 e. The second kappa shape index (κ2) is 15.9. The largest absolute Gasteiger partial charge is 0.481 e. The summed E-state index contributed by atoms with van der Waals surface area (Å²) in [4.78, 5) is 67.4.